The number of hydrogen-bond acceptors (Lipinski definition) is 7. The van der Waals surface area contributed by atoms with E-state index in [1.54, 1.807) is 31.5 Å². The standard InChI is InChI=1S/C24H28N4O5/c1-25(2)11-10-21-24(28(30)31)19-8-9-22(29)20(16-26-12-14-33-15-13-26)23(19)27(21)17-4-6-18(32-3)7-5-17/h4-11,29H,12-16H2,1-3H3/b11-10+. The van der Waals surface area contributed by atoms with E-state index in [9.17, 15) is 15.2 Å². The highest BCUT2D eigenvalue weighted by atomic mass is 16.6. The summed E-state index contributed by atoms with van der Waals surface area (Å²) in [6.07, 6.45) is 3.51. The molecule has 0 unspecified atom stereocenters. The smallest absolute Gasteiger partial charge is 0.302 e. The molecule has 0 radical (unpaired) electrons. The lowest BCUT2D eigenvalue weighted by atomic mass is 10.1. The summed E-state index contributed by atoms with van der Waals surface area (Å²) in [7, 11) is 5.31. The van der Waals surface area contributed by atoms with E-state index in [-0.39, 0.29) is 16.4 Å². The molecule has 2 heterocycles. The van der Waals surface area contributed by atoms with Crippen molar-refractivity contribution >= 4 is 22.7 Å². The summed E-state index contributed by atoms with van der Waals surface area (Å²) in [4.78, 5) is 15.9. The highest BCUT2D eigenvalue weighted by molar-refractivity contribution is 5.99. The van der Waals surface area contributed by atoms with Crippen molar-refractivity contribution in [2.45, 2.75) is 6.54 Å². The van der Waals surface area contributed by atoms with E-state index >= 15 is 0 Å². The Labute approximate surface area is 192 Å². The molecule has 33 heavy (non-hydrogen) atoms. The van der Waals surface area contributed by atoms with Gasteiger partial charge in [-0.05, 0) is 42.5 Å². The lowest BCUT2D eigenvalue weighted by Gasteiger charge is -2.27. The van der Waals surface area contributed by atoms with Gasteiger partial charge in [0, 0.05) is 51.2 Å². The molecular formula is C24H28N4O5. The van der Waals surface area contributed by atoms with Crippen molar-refractivity contribution in [1.82, 2.24) is 14.4 Å². The molecule has 9 nitrogen and oxygen atoms in total. The van der Waals surface area contributed by atoms with Crippen molar-refractivity contribution in [2.24, 2.45) is 0 Å². The molecule has 2 aromatic carbocycles. The minimum absolute atomic E-state index is 0.00199. The lowest BCUT2D eigenvalue weighted by Crippen LogP contribution is -2.35. The van der Waals surface area contributed by atoms with Crippen LogP contribution in [0.5, 0.6) is 11.5 Å². The number of rotatable bonds is 7. The molecule has 3 aromatic rings. The van der Waals surface area contributed by atoms with Crippen LogP contribution in [0.15, 0.2) is 42.6 Å². The first-order valence-corrected chi connectivity index (χ1v) is 10.7. The third-order valence-electron chi connectivity index (χ3n) is 5.75. The Balaban J connectivity index is 2.03. The van der Waals surface area contributed by atoms with Crippen LogP contribution in [-0.4, -0.2) is 71.9 Å². The minimum atomic E-state index is -0.354. The summed E-state index contributed by atoms with van der Waals surface area (Å²) in [5, 5.41) is 23.6. The highest BCUT2D eigenvalue weighted by Crippen LogP contribution is 2.41. The van der Waals surface area contributed by atoms with Gasteiger partial charge in [0.05, 0.1) is 36.1 Å². The number of phenols is 1. The molecule has 1 fully saturated rings. The predicted octanol–water partition coefficient (Wildman–Crippen LogP) is 3.62. The Bertz CT molecular complexity index is 1180. The molecule has 9 heteroatoms. The zero-order chi connectivity index (χ0) is 23.5. The summed E-state index contributed by atoms with van der Waals surface area (Å²) < 4.78 is 12.6. The van der Waals surface area contributed by atoms with E-state index in [1.165, 1.54) is 0 Å². The van der Waals surface area contributed by atoms with Gasteiger partial charge in [0.1, 0.15) is 17.2 Å². The molecule has 0 saturated carbocycles. The molecule has 0 spiro atoms. The Hall–Kier alpha value is -3.56. The van der Waals surface area contributed by atoms with E-state index in [4.69, 9.17) is 9.47 Å². The van der Waals surface area contributed by atoms with E-state index in [1.807, 2.05) is 47.8 Å². The van der Waals surface area contributed by atoms with Gasteiger partial charge in [0.25, 0.3) is 0 Å². The Morgan fingerprint density at radius 1 is 1.18 bits per heavy atom. The molecule has 1 N–H and O–H groups in total. The maximum atomic E-state index is 12.2. The quantitative estimate of drug-likeness (QED) is 0.432. The Kier molecular flexibility index (Phi) is 6.52. The molecule has 1 saturated heterocycles. The fourth-order valence-corrected chi connectivity index (χ4v) is 4.14. The van der Waals surface area contributed by atoms with Gasteiger partial charge in [-0.15, -0.1) is 0 Å². The van der Waals surface area contributed by atoms with Gasteiger partial charge < -0.3 is 24.0 Å². The van der Waals surface area contributed by atoms with Crippen LogP contribution >= 0.6 is 0 Å². The number of nitro groups is 1. The molecule has 1 aliphatic heterocycles. The van der Waals surface area contributed by atoms with Crippen molar-refractivity contribution in [2.75, 3.05) is 47.5 Å². The fraction of sp³-hybridized carbons (Fsp3) is 0.333. The van der Waals surface area contributed by atoms with E-state index in [0.717, 1.165) is 18.8 Å². The SMILES string of the molecule is COc1ccc(-n2c(/C=C/N(C)C)c([N+](=O)[O-])c3ccc(O)c(CN4CCOCC4)c32)cc1. The van der Waals surface area contributed by atoms with Crippen molar-refractivity contribution in [1.29, 1.82) is 0 Å². The van der Waals surface area contributed by atoms with Crippen molar-refractivity contribution in [3.8, 4) is 17.2 Å². The monoisotopic (exact) mass is 452 g/mol. The first-order valence-electron chi connectivity index (χ1n) is 10.7. The lowest BCUT2D eigenvalue weighted by molar-refractivity contribution is -0.383. The molecule has 0 amide bonds. The number of aromatic nitrogens is 1. The summed E-state index contributed by atoms with van der Waals surface area (Å²) in [5.74, 6) is 0.797. The van der Waals surface area contributed by atoms with Gasteiger partial charge in [0.15, 0.2) is 0 Å². The van der Waals surface area contributed by atoms with Gasteiger partial charge in [-0.2, -0.15) is 0 Å². The summed E-state index contributed by atoms with van der Waals surface area (Å²) in [5.41, 5.74) is 2.44. The molecule has 174 valence electrons. The zero-order valence-corrected chi connectivity index (χ0v) is 19.0. The normalized spacial score (nSPS) is 14.8. The first kappa shape index (κ1) is 22.6. The van der Waals surface area contributed by atoms with Crippen molar-refractivity contribution in [3.05, 3.63) is 64.0 Å². The van der Waals surface area contributed by atoms with Gasteiger partial charge in [-0.25, -0.2) is 0 Å². The van der Waals surface area contributed by atoms with Crippen LogP contribution < -0.4 is 4.74 Å². The number of phenolic OH excluding ortho intramolecular Hbond substituents is 1. The number of aromatic hydroxyl groups is 1. The summed E-state index contributed by atoms with van der Waals surface area (Å²) in [6, 6.07) is 10.5. The first-order chi connectivity index (χ1) is 15.9. The maximum absolute atomic E-state index is 12.2. The maximum Gasteiger partial charge on any atom is 0.302 e. The number of fused-ring (bicyclic) bond motifs is 1. The van der Waals surface area contributed by atoms with Gasteiger partial charge in [-0.3, -0.25) is 15.0 Å². The molecule has 1 aliphatic rings. The number of morpholine rings is 1. The second-order valence-corrected chi connectivity index (χ2v) is 8.15. The average Bonchev–Trinajstić information content (AvgIpc) is 3.15. The van der Waals surface area contributed by atoms with E-state index in [2.05, 4.69) is 4.90 Å². The number of methoxy groups -OCH3 is 1. The van der Waals surface area contributed by atoms with Gasteiger partial charge in [-0.1, -0.05) is 0 Å². The van der Waals surface area contributed by atoms with Crippen LogP contribution in [0.2, 0.25) is 0 Å². The van der Waals surface area contributed by atoms with Crippen molar-refractivity contribution < 1.29 is 19.5 Å². The van der Waals surface area contributed by atoms with Crippen molar-refractivity contribution in [3.63, 3.8) is 0 Å². The van der Waals surface area contributed by atoms with Crippen LogP contribution in [-0.2, 0) is 11.3 Å². The Morgan fingerprint density at radius 2 is 1.88 bits per heavy atom. The topological polar surface area (TPSA) is 93.2 Å². The second kappa shape index (κ2) is 9.51. The molecule has 4 rings (SSSR count). The fourth-order valence-electron chi connectivity index (χ4n) is 4.14. The van der Waals surface area contributed by atoms with E-state index < -0.39 is 0 Å². The summed E-state index contributed by atoms with van der Waals surface area (Å²) in [6.45, 7) is 3.16. The third-order valence-corrected chi connectivity index (χ3v) is 5.75. The molecular weight excluding hydrogens is 424 g/mol. The predicted molar refractivity (Wildman–Crippen MR) is 127 cm³/mol. The Morgan fingerprint density at radius 3 is 2.48 bits per heavy atom. The van der Waals surface area contributed by atoms with Crippen LogP contribution in [0.1, 0.15) is 11.3 Å². The highest BCUT2D eigenvalue weighted by Gasteiger charge is 2.29. The van der Waals surface area contributed by atoms with Gasteiger partial charge in [0.2, 0.25) is 0 Å². The second-order valence-electron chi connectivity index (χ2n) is 8.15. The molecule has 0 bridgehead atoms. The number of benzene rings is 2. The van der Waals surface area contributed by atoms with Crippen LogP contribution in [0.25, 0.3) is 22.7 Å². The molecule has 0 aliphatic carbocycles. The summed E-state index contributed by atoms with van der Waals surface area (Å²) >= 11 is 0. The van der Waals surface area contributed by atoms with Crippen LogP contribution in [0, 0.1) is 10.1 Å². The number of ether oxygens (including phenoxy) is 2. The van der Waals surface area contributed by atoms with Gasteiger partial charge >= 0.3 is 5.69 Å². The average molecular weight is 453 g/mol. The largest absolute Gasteiger partial charge is 0.508 e. The molecule has 0 atom stereocenters. The van der Waals surface area contributed by atoms with Crippen LogP contribution in [0.4, 0.5) is 5.69 Å². The number of hydrogen-bond donors (Lipinski definition) is 1. The van der Waals surface area contributed by atoms with Crippen LogP contribution in [0.3, 0.4) is 0 Å². The third kappa shape index (κ3) is 4.50. The van der Waals surface area contributed by atoms with E-state index in [0.29, 0.717) is 47.7 Å². The minimum Gasteiger partial charge on any atom is -0.508 e. The number of nitrogens with zero attached hydrogens (tertiary/aromatic N) is 4. The molecule has 1 aromatic heterocycles. The zero-order valence-electron chi connectivity index (χ0n) is 19.0.